The maximum atomic E-state index is 5.57. The molecule has 3 aromatic carbocycles. The van der Waals surface area contributed by atoms with Gasteiger partial charge >= 0.3 is 8.80 Å². The van der Waals surface area contributed by atoms with Crippen molar-refractivity contribution < 1.29 is 13.3 Å². The molecule has 0 unspecified atom stereocenters. The second-order valence-corrected chi connectivity index (χ2v) is 8.25. The molecule has 3 aromatic rings. The predicted molar refractivity (Wildman–Crippen MR) is 91.9 cm³/mol. The van der Waals surface area contributed by atoms with Gasteiger partial charge in [-0.15, -0.1) is 0 Å². The number of hydrogen-bond donors (Lipinski definition) is 0. The zero-order valence-electron chi connectivity index (χ0n) is 13.1. The van der Waals surface area contributed by atoms with Crippen molar-refractivity contribution in [1.29, 1.82) is 0 Å². The smallest absolute Gasteiger partial charge is 0.377 e. The molecule has 0 fully saturated rings. The molecule has 0 aliphatic carbocycles. The van der Waals surface area contributed by atoms with E-state index in [1.54, 1.807) is 21.3 Å². The fourth-order valence-electron chi connectivity index (χ4n) is 2.89. The van der Waals surface area contributed by atoms with E-state index in [0.717, 1.165) is 0 Å². The molecule has 0 atom stereocenters. The summed E-state index contributed by atoms with van der Waals surface area (Å²) >= 11 is 0. The highest BCUT2D eigenvalue weighted by Crippen LogP contribution is 2.27. The Hall–Kier alpha value is -1.72. The first-order valence-electron chi connectivity index (χ1n) is 7.27. The van der Waals surface area contributed by atoms with Crippen molar-refractivity contribution in [2.24, 2.45) is 0 Å². The van der Waals surface area contributed by atoms with E-state index in [-0.39, 0.29) is 0 Å². The van der Waals surface area contributed by atoms with E-state index < -0.39 is 8.80 Å². The van der Waals surface area contributed by atoms with Crippen LogP contribution in [0.3, 0.4) is 0 Å². The normalized spacial score (nSPS) is 12.1. The van der Waals surface area contributed by atoms with Gasteiger partial charge in [-0.05, 0) is 39.2 Å². The average molecular weight is 312 g/mol. The van der Waals surface area contributed by atoms with E-state index in [2.05, 4.69) is 54.6 Å². The van der Waals surface area contributed by atoms with Gasteiger partial charge in [0.05, 0.1) is 0 Å². The van der Waals surface area contributed by atoms with Gasteiger partial charge in [-0.3, -0.25) is 0 Å². The van der Waals surface area contributed by atoms with Gasteiger partial charge in [0, 0.05) is 27.4 Å². The maximum Gasteiger partial charge on any atom is 0.504 e. The summed E-state index contributed by atoms with van der Waals surface area (Å²) in [5, 5.41) is 4.94. The third-order valence-electron chi connectivity index (χ3n) is 4.18. The minimum absolute atomic E-state index is 0.659. The summed E-state index contributed by atoms with van der Waals surface area (Å²) in [5.74, 6) is 0. The SMILES string of the molecule is CO[Si](Cc1cccc2cc3ccccc3cc12)(OC)OC. The highest BCUT2D eigenvalue weighted by atomic mass is 28.4. The molecule has 3 rings (SSSR count). The molecule has 0 aromatic heterocycles. The average Bonchev–Trinajstić information content (AvgIpc) is 2.58. The molecule has 0 heterocycles. The molecule has 22 heavy (non-hydrogen) atoms. The lowest BCUT2D eigenvalue weighted by Crippen LogP contribution is -2.45. The Morgan fingerprint density at radius 3 is 1.95 bits per heavy atom. The highest BCUT2D eigenvalue weighted by Gasteiger charge is 2.38. The van der Waals surface area contributed by atoms with Crippen molar-refractivity contribution in [3.63, 3.8) is 0 Å². The molecule has 0 saturated heterocycles. The summed E-state index contributed by atoms with van der Waals surface area (Å²) < 4.78 is 16.7. The van der Waals surface area contributed by atoms with Crippen LogP contribution in [0.1, 0.15) is 5.56 Å². The molecule has 0 spiro atoms. The third-order valence-corrected chi connectivity index (χ3v) is 6.86. The fraction of sp³-hybridized carbons (Fsp3) is 0.222. The summed E-state index contributed by atoms with van der Waals surface area (Å²) in [4.78, 5) is 0. The zero-order valence-corrected chi connectivity index (χ0v) is 14.1. The summed E-state index contributed by atoms with van der Waals surface area (Å²) in [6, 6.07) is 19.9. The van der Waals surface area contributed by atoms with Crippen LogP contribution in [0.25, 0.3) is 21.5 Å². The van der Waals surface area contributed by atoms with E-state index in [1.165, 1.54) is 27.1 Å². The van der Waals surface area contributed by atoms with E-state index in [1.807, 2.05) is 0 Å². The molecule has 0 radical (unpaired) electrons. The molecule has 0 aliphatic rings. The van der Waals surface area contributed by atoms with Crippen LogP contribution >= 0.6 is 0 Å². The van der Waals surface area contributed by atoms with Crippen molar-refractivity contribution >= 4 is 30.3 Å². The summed E-state index contributed by atoms with van der Waals surface area (Å²) in [7, 11) is 2.31. The Morgan fingerprint density at radius 1 is 0.727 bits per heavy atom. The Bertz CT molecular complexity index is 788. The molecule has 0 bridgehead atoms. The molecule has 0 amide bonds. The van der Waals surface area contributed by atoms with Crippen molar-refractivity contribution in [3.05, 3.63) is 60.2 Å². The van der Waals surface area contributed by atoms with Crippen LogP contribution < -0.4 is 0 Å². The van der Waals surface area contributed by atoms with Crippen molar-refractivity contribution in [2.45, 2.75) is 6.04 Å². The van der Waals surface area contributed by atoms with Crippen molar-refractivity contribution in [2.75, 3.05) is 21.3 Å². The lowest BCUT2D eigenvalue weighted by atomic mass is 10.0. The van der Waals surface area contributed by atoms with Gasteiger partial charge in [0.15, 0.2) is 0 Å². The van der Waals surface area contributed by atoms with Crippen LogP contribution in [-0.2, 0) is 19.3 Å². The van der Waals surface area contributed by atoms with Crippen LogP contribution in [0.4, 0.5) is 0 Å². The first-order chi connectivity index (χ1) is 10.7. The van der Waals surface area contributed by atoms with Gasteiger partial charge in [0.2, 0.25) is 0 Å². The van der Waals surface area contributed by atoms with Crippen molar-refractivity contribution in [1.82, 2.24) is 0 Å². The Labute approximate surface area is 131 Å². The largest absolute Gasteiger partial charge is 0.504 e. The van der Waals surface area contributed by atoms with Gasteiger partial charge in [-0.25, -0.2) is 0 Å². The minimum atomic E-state index is -2.64. The number of fused-ring (bicyclic) bond motifs is 2. The molecular weight excluding hydrogens is 292 g/mol. The Kier molecular flexibility index (Phi) is 4.27. The molecule has 3 nitrogen and oxygen atoms in total. The molecule has 4 heteroatoms. The van der Waals surface area contributed by atoms with E-state index in [0.29, 0.717) is 6.04 Å². The number of rotatable bonds is 5. The van der Waals surface area contributed by atoms with Gasteiger partial charge < -0.3 is 13.3 Å². The Morgan fingerprint density at radius 2 is 1.32 bits per heavy atom. The van der Waals surface area contributed by atoms with Crippen LogP contribution in [0.2, 0.25) is 0 Å². The quantitative estimate of drug-likeness (QED) is 0.527. The van der Waals surface area contributed by atoms with Gasteiger partial charge in [-0.1, -0.05) is 42.5 Å². The standard InChI is InChI=1S/C18H20O3Si/c1-19-22(20-2,21-3)13-17-10-6-9-16-11-14-7-4-5-8-15(14)12-18(16)17/h4-12H,13H2,1-3H3. The highest BCUT2D eigenvalue weighted by molar-refractivity contribution is 6.60. The molecule has 114 valence electrons. The Balaban J connectivity index is 2.15. The lowest BCUT2D eigenvalue weighted by Gasteiger charge is -2.25. The molecule has 0 saturated carbocycles. The molecule has 0 N–H and O–H groups in total. The lowest BCUT2D eigenvalue weighted by molar-refractivity contribution is 0.123. The van der Waals surface area contributed by atoms with Crippen LogP contribution in [0.5, 0.6) is 0 Å². The second kappa shape index (κ2) is 6.18. The van der Waals surface area contributed by atoms with Crippen molar-refractivity contribution in [3.8, 4) is 0 Å². The topological polar surface area (TPSA) is 27.7 Å². The predicted octanol–water partition coefficient (Wildman–Crippen LogP) is 3.95. The van der Waals surface area contributed by atoms with Crippen LogP contribution in [0, 0.1) is 0 Å². The van der Waals surface area contributed by atoms with E-state index in [9.17, 15) is 0 Å². The fourth-order valence-corrected chi connectivity index (χ4v) is 4.59. The second-order valence-electron chi connectivity index (χ2n) is 5.31. The molecule has 0 aliphatic heterocycles. The van der Waals surface area contributed by atoms with E-state index in [4.69, 9.17) is 13.3 Å². The zero-order chi connectivity index (χ0) is 15.6. The summed E-state index contributed by atoms with van der Waals surface area (Å²) in [6.07, 6.45) is 0. The minimum Gasteiger partial charge on any atom is -0.377 e. The van der Waals surface area contributed by atoms with Gasteiger partial charge in [0.25, 0.3) is 0 Å². The van der Waals surface area contributed by atoms with Gasteiger partial charge in [0.1, 0.15) is 0 Å². The first-order valence-corrected chi connectivity index (χ1v) is 9.20. The number of hydrogen-bond acceptors (Lipinski definition) is 3. The summed E-state index contributed by atoms with van der Waals surface area (Å²) in [5.41, 5.74) is 1.19. The third kappa shape index (κ3) is 2.66. The summed E-state index contributed by atoms with van der Waals surface area (Å²) in [6.45, 7) is 0. The number of benzene rings is 3. The van der Waals surface area contributed by atoms with E-state index >= 15 is 0 Å². The first kappa shape index (κ1) is 15.2. The monoisotopic (exact) mass is 312 g/mol. The molecular formula is C18H20O3Si. The van der Waals surface area contributed by atoms with Crippen LogP contribution in [0.15, 0.2) is 54.6 Å². The van der Waals surface area contributed by atoms with Crippen LogP contribution in [-0.4, -0.2) is 30.1 Å². The van der Waals surface area contributed by atoms with Gasteiger partial charge in [-0.2, -0.15) is 0 Å². The maximum absolute atomic E-state index is 5.57.